The number of carbonyl (C=O) groups excluding carboxylic acids is 1. The maximum Gasteiger partial charge on any atom is 0.337 e. The van der Waals surface area contributed by atoms with Crippen molar-refractivity contribution in [2.24, 2.45) is 0 Å². The van der Waals surface area contributed by atoms with Crippen LogP contribution in [0.4, 0.5) is 0 Å². The first kappa shape index (κ1) is 20.9. The van der Waals surface area contributed by atoms with Gasteiger partial charge in [0.05, 0.1) is 33.3 Å². The van der Waals surface area contributed by atoms with Crippen molar-refractivity contribution in [1.82, 2.24) is 9.88 Å². The molecule has 9 heteroatoms. The molecule has 2 N–H and O–H groups in total. The van der Waals surface area contributed by atoms with Gasteiger partial charge in [-0.1, -0.05) is 0 Å². The molecule has 1 aliphatic heterocycles. The molecule has 5 rings (SSSR count). The van der Waals surface area contributed by atoms with Crippen molar-refractivity contribution in [2.75, 3.05) is 13.2 Å². The Kier molecular flexibility index (Phi) is 5.32. The average molecular weight is 469 g/mol. The molecule has 1 aromatic carbocycles. The van der Waals surface area contributed by atoms with Gasteiger partial charge in [0.2, 0.25) is 0 Å². The van der Waals surface area contributed by atoms with Gasteiger partial charge < -0.3 is 19.8 Å². The highest BCUT2D eigenvalue weighted by atomic mass is 32.1. The highest BCUT2D eigenvalue weighted by Crippen LogP contribution is 2.38. The number of carbonyl (C=O) groups is 2. The van der Waals surface area contributed by atoms with Crippen LogP contribution in [0.2, 0.25) is 0 Å². The van der Waals surface area contributed by atoms with Gasteiger partial charge in [0, 0.05) is 33.8 Å². The van der Waals surface area contributed by atoms with Crippen molar-refractivity contribution in [2.45, 2.75) is 25.8 Å². The van der Waals surface area contributed by atoms with Crippen molar-refractivity contribution in [3.63, 3.8) is 0 Å². The second-order valence-corrected chi connectivity index (χ2v) is 10.0. The Morgan fingerprint density at radius 2 is 2.09 bits per heavy atom. The number of carboxylic acid groups (broad SMARTS) is 1. The molecule has 1 amide bonds. The summed E-state index contributed by atoms with van der Waals surface area (Å²) in [5.74, 6) is 0.150. The minimum Gasteiger partial charge on any atom is -0.478 e. The summed E-state index contributed by atoms with van der Waals surface area (Å²) in [7, 11) is 0. The summed E-state index contributed by atoms with van der Waals surface area (Å²) >= 11 is 2.75. The van der Waals surface area contributed by atoms with Crippen LogP contribution in [-0.4, -0.2) is 51.2 Å². The highest BCUT2D eigenvalue weighted by Gasteiger charge is 2.30. The van der Waals surface area contributed by atoms with E-state index in [2.05, 4.69) is 4.98 Å². The summed E-state index contributed by atoms with van der Waals surface area (Å²) in [6.45, 7) is 2.41. The van der Waals surface area contributed by atoms with E-state index in [0.29, 0.717) is 39.4 Å². The Labute approximate surface area is 191 Å². The van der Waals surface area contributed by atoms with Gasteiger partial charge in [0.15, 0.2) is 0 Å². The summed E-state index contributed by atoms with van der Waals surface area (Å²) in [5.41, 5.74) is 1.00. The predicted molar refractivity (Wildman–Crippen MR) is 124 cm³/mol. The third kappa shape index (κ3) is 3.52. The molecule has 0 unspecified atom stereocenters. The fourth-order valence-corrected chi connectivity index (χ4v) is 6.30. The second kappa shape index (κ2) is 8.16. The molecule has 164 valence electrons. The molecule has 0 radical (unpaired) electrons. The number of rotatable bonds is 5. The number of hydrogen-bond donors (Lipinski definition) is 2. The zero-order valence-electron chi connectivity index (χ0n) is 17.2. The second-order valence-electron chi connectivity index (χ2n) is 7.71. The minimum atomic E-state index is -0.935. The fraction of sp³-hybridized carbons (Fsp3) is 0.261. The zero-order valence-corrected chi connectivity index (χ0v) is 18.8. The Morgan fingerprint density at radius 3 is 2.88 bits per heavy atom. The molecule has 1 aliphatic rings. The van der Waals surface area contributed by atoms with Crippen LogP contribution in [0.3, 0.4) is 0 Å². The van der Waals surface area contributed by atoms with E-state index >= 15 is 0 Å². The van der Waals surface area contributed by atoms with E-state index in [1.807, 2.05) is 6.07 Å². The normalized spacial score (nSPS) is 16.2. The number of amides is 1. The van der Waals surface area contributed by atoms with Crippen LogP contribution in [0.25, 0.3) is 20.3 Å². The van der Waals surface area contributed by atoms with Gasteiger partial charge in [-0.25, -0.2) is 4.79 Å². The lowest BCUT2D eigenvalue weighted by Gasteiger charge is -2.22. The average Bonchev–Trinajstić information content (AvgIpc) is 3.48. The number of aromatic nitrogens is 1. The third-order valence-corrected chi connectivity index (χ3v) is 7.91. The van der Waals surface area contributed by atoms with Gasteiger partial charge >= 0.3 is 5.97 Å². The molecule has 4 aromatic rings. The van der Waals surface area contributed by atoms with E-state index in [4.69, 9.17) is 4.74 Å². The van der Waals surface area contributed by atoms with Crippen molar-refractivity contribution < 1.29 is 24.5 Å². The summed E-state index contributed by atoms with van der Waals surface area (Å²) in [4.78, 5) is 32.0. The third-order valence-electron chi connectivity index (χ3n) is 5.71. The number of ether oxygens (including phenoxy) is 1. The molecule has 7 nitrogen and oxygen atoms in total. The molecular formula is C23H20N2O5S2. The van der Waals surface area contributed by atoms with E-state index in [1.54, 1.807) is 42.3 Å². The van der Waals surface area contributed by atoms with Crippen molar-refractivity contribution in [3.8, 4) is 11.5 Å². The van der Waals surface area contributed by atoms with Gasteiger partial charge in [-0.3, -0.25) is 9.78 Å². The van der Waals surface area contributed by atoms with Crippen molar-refractivity contribution in [1.29, 1.82) is 0 Å². The monoisotopic (exact) mass is 468 g/mol. The van der Waals surface area contributed by atoms with Gasteiger partial charge in [0.25, 0.3) is 5.91 Å². The lowest BCUT2D eigenvalue weighted by molar-refractivity contribution is 0.0679. The van der Waals surface area contributed by atoms with Crippen LogP contribution in [0.1, 0.15) is 37.7 Å². The molecule has 0 spiro atoms. The topological polar surface area (TPSA) is 100.0 Å². The Hall–Kier alpha value is -3.01. The van der Waals surface area contributed by atoms with Crippen molar-refractivity contribution in [3.05, 3.63) is 51.8 Å². The number of carboxylic acids is 1. The number of aryl methyl sites for hydroxylation is 1. The molecule has 4 heterocycles. The van der Waals surface area contributed by atoms with Gasteiger partial charge in [-0.15, -0.1) is 22.7 Å². The number of thiophene rings is 2. The Balaban J connectivity index is 1.47. The standard InChI is InChI=1S/C23H20N2O5S2/c1-12-20(23(28)29)15-5-4-14(9-18(15)31-12)30-17-6-7-24-16-10-19(32-21(16)17)22(27)25-8-2-3-13(25)11-26/h4-7,9-10,13,26H,2-3,8,11H2,1H3,(H,28,29)/t13-/m0/s1. The number of aromatic carboxylic acids is 1. The van der Waals surface area contributed by atoms with E-state index in [9.17, 15) is 19.8 Å². The number of benzene rings is 1. The van der Waals surface area contributed by atoms with Crippen LogP contribution in [-0.2, 0) is 0 Å². The molecule has 1 saturated heterocycles. The molecule has 1 fully saturated rings. The zero-order chi connectivity index (χ0) is 22.4. The number of fused-ring (bicyclic) bond motifs is 2. The van der Waals surface area contributed by atoms with Crippen LogP contribution in [0.5, 0.6) is 11.5 Å². The molecule has 32 heavy (non-hydrogen) atoms. The first-order chi connectivity index (χ1) is 15.5. The first-order valence-corrected chi connectivity index (χ1v) is 11.8. The lowest BCUT2D eigenvalue weighted by atomic mass is 10.1. The number of likely N-dealkylation sites (tertiary alicyclic amines) is 1. The van der Waals surface area contributed by atoms with Crippen LogP contribution < -0.4 is 4.74 Å². The van der Waals surface area contributed by atoms with Gasteiger partial charge in [-0.2, -0.15) is 0 Å². The van der Waals surface area contributed by atoms with Crippen LogP contribution >= 0.6 is 22.7 Å². The molecule has 0 saturated carbocycles. The lowest BCUT2D eigenvalue weighted by Crippen LogP contribution is -2.37. The van der Waals surface area contributed by atoms with Crippen molar-refractivity contribution >= 4 is 54.9 Å². The summed E-state index contributed by atoms with van der Waals surface area (Å²) in [6.07, 6.45) is 3.35. The number of aliphatic hydroxyl groups is 1. The Bertz CT molecular complexity index is 1360. The van der Waals surface area contributed by atoms with Gasteiger partial charge in [0.1, 0.15) is 11.5 Å². The SMILES string of the molecule is Cc1sc2cc(Oc3ccnc4cc(C(=O)N5CCC[C@H]5CO)sc34)ccc2c1C(=O)O. The van der Waals surface area contributed by atoms with Crippen LogP contribution in [0.15, 0.2) is 36.5 Å². The molecular weight excluding hydrogens is 448 g/mol. The van der Waals surface area contributed by atoms with Gasteiger partial charge in [-0.05, 0) is 44.0 Å². The first-order valence-electron chi connectivity index (χ1n) is 10.2. The van der Waals surface area contributed by atoms with E-state index in [1.165, 1.54) is 22.7 Å². The van der Waals surface area contributed by atoms with E-state index in [0.717, 1.165) is 27.1 Å². The minimum absolute atomic E-state index is 0.0302. The molecule has 3 aromatic heterocycles. The summed E-state index contributed by atoms with van der Waals surface area (Å²) in [6, 6.07) is 8.75. The molecule has 1 atom stereocenters. The maximum atomic E-state index is 13.0. The summed E-state index contributed by atoms with van der Waals surface area (Å²) < 4.78 is 7.74. The maximum absolute atomic E-state index is 13.0. The van der Waals surface area contributed by atoms with E-state index < -0.39 is 5.97 Å². The smallest absolute Gasteiger partial charge is 0.337 e. The fourth-order valence-electron chi connectivity index (χ4n) is 4.19. The molecule has 0 aliphatic carbocycles. The highest BCUT2D eigenvalue weighted by molar-refractivity contribution is 7.21. The predicted octanol–water partition coefficient (Wildman–Crippen LogP) is 4.91. The van der Waals surface area contributed by atoms with E-state index in [-0.39, 0.29) is 18.6 Å². The van der Waals surface area contributed by atoms with Crippen LogP contribution in [0, 0.1) is 6.92 Å². The number of hydrogen-bond acceptors (Lipinski definition) is 7. The number of nitrogens with zero attached hydrogens (tertiary/aromatic N) is 2. The Morgan fingerprint density at radius 1 is 1.25 bits per heavy atom. The molecule has 0 bridgehead atoms. The number of aliphatic hydroxyl groups excluding tert-OH is 1. The largest absolute Gasteiger partial charge is 0.478 e. The number of pyridine rings is 1. The summed E-state index contributed by atoms with van der Waals surface area (Å²) in [5, 5.41) is 19.7. The quantitative estimate of drug-likeness (QED) is 0.432.